The first kappa shape index (κ1) is 18.8. The molecule has 2 aromatic rings. The van der Waals surface area contributed by atoms with Gasteiger partial charge in [-0.25, -0.2) is 4.98 Å². The summed E-state index contributed by atoms with van der Waals surface area (Å²) in [5.74, 6) is 0.549. The molecule has 0 radical (unpaired) electrons. The SMILES string of the molecule is CC1=CC(=S(=O)=O)C(n2cc(Cl)nc2-c2ccc(N(C)C)c(Cl)c2)C=C1. The van der Waals surface area contributed by atoms with Gasteiger partial charge < -0.3 is 9.47 Å². The van der Waals surface area contributed by atoms with Crippen LogP contribution in [-0.2, 0) is 10.3 Å². The van der Waals surface area contributed by atoms with Gasteiger partial charge in [-0.3, -0.25) is 0 Å². The molecule has 0 amide bonds. The van der Waals surface area contributed by atoms with Crippen LogP contribution in [0.2, 0.25) is 10.2 Å². The monoisotopic (exact) mass is 409 g/mol. The molecule has 0 fully saturated rings. The van der Waals surface area contributed by atoms with Crippen molar-refractivity contribution in [3.05, 3.63) is 58.4 Å². The van der Waals surface area contributed by atoms with Crippen LogP contribution >= 0.6 is 23.2 Å². The number of imidazole rings is 1. The summed E-state index contributed by atoms with van der Waals surface area (Å²) in [4.78, 5) is 6.54. The zero-order valence-electron chi connectivity index (χ0n) is 14.4. The van der Waals surface area contributed by atoms with Crippen molar-refractivity contribution in [3.63, 3.8) is 0 Å². The lowest BCUT2D eigenvalue weighted by molar-refractivity contribution is 0.625. The van der Waals surface area contributed by atoms with Crippen LogP contribution < -0.4 is 4.90 Å². The predicted octanol–water partition coefficient (Wildman–Crippen LogP) is 4.03. The number of hydrogen-bond acceptors (Lipinski definition) is 4. The minimum Gasteiger partial charge on any atom is -0.376 e. The molecule has 5 nitrogen and oxygen atoms in total. The molecule has 1 unspecified atom stereocenters. The van der Waals surface area contributed by atoms with E-state index < -0.39 is 16.3 Å². The zero-order chi connectivity index (χ0) is 19.0. The van der Waals surface area contributed by atoms with E-state index in [0.29, 0.717) is 10.8 Å². The van der Waals surface area contributed by atoms with Crippen LogP contribution in [-0.4, -0.2) is 36.9 Å². The van der Waals surface area contributed by atoms with Gasteiger partial charge in [-0.2, -0.15) is 8.42 Å². The Morgan fingerprint density at radius 3 is 2.58 bits per heavy atom. The lowest BCUT2D eigenvalue weighted by Gasteiger charge is -2.20. The molecule has 1 aliphatic carbocycles. The Morgan fingerprint density at radius 2 is 1.96 bits per heavy atom. The highest BCUT2D eigenvalue weighted by Gasteiger charge is 2.23. The van der Waals surface area contributed by atoms with Crippen LogP contribution in [0.15, 0.2) is 48.2 Å². The fourth-order valence-electron chi connectivity index (χ4n) is 2.87. The molecule has 136 valence electrons. The second-order valence-electron chi connectivity index (χ2n) is 6.18. The summed E-state index contributed by atoms with van der Waals surface area (Å²) in [6, 6.07) is 5.06. The second kappa shape index (κ2) is 7.31. The predicted molar refractivity (Wildman–Crippen MR) is 108 cm³/mol. The number of allylic oxidation sites excluding steroid dienone is 4. The van der Waals surface area contributed by atoms with Crippen molar-refractivity contribution in [2.24, 2.45) is 0 Å². The molecule has 1 heterocycles. The van der Waals surface area contributed by atoms with Gasteiger partial charge in [0.15, 0.2) is 0 Å². The van der Waals surface area contributed by atoms with E-state index in [4.69, 9.17) is 23.2 Å². The average molecular weight is 410 g/mol. The Morgan fingerprint density at radius 1 is 1.23 bits per heavy atom. The fraction of sp³-hybridized carbons (Fsp3) is 0.222. The maximum Gasteiger partial charge on any atom is 0.219 e. The molecule has 1 aromatic carbocycles. The third kappa shape index (κ3) is 3.58. The third-order valence-electron chi connectivity index (χ3n) is 4.09. The molecule has 0 N–H and O–H groups in total. The molecular formula is C18H17Cl2N3O2S. The first-order valence-corrected chi connectivity index (χ1v) is 9.65. The van der Waals surface area contributed by atoms with Gasteiger partial charge >= 0.3 is 0 Å². The largest absolute Gasteiger partial charge is 0.376 e. The number of hydrogen-bond donors (Lipinski definition) is 0. The van der Waals surface area contributed by atoms with Crippen molar-refractivity contribution in [3.8, 4) is 11.4 Å². The van der Waals surface area contributed by atoms with Gasteiger partial charge in [-0.1, -0.05) is 35.4 Å². The summed E-state index contributed by atoms with van der Waals surface area (Å²) < 4.78 is 25.2. The summed E-state index contributed by atoms with van der Waals surface area (Å²) in [6.07, 6.45) is 6.97. The number of halogens is 2. The van der Waals surface area contributed by atoms with E-state index in [1.807, 2.05) is 50.2 Å². The average Bonchev–Trinajstić information content (AvgIpc) is 2.96. The van der Waals surface area contributed by atoms with E-state index in [-0.39, 0.29) is 10.0 Å². The summed E-state index contributed by atoms with van der Waals surface area (Å²) in [5.41, 5.74) is 2.50. The molecule has 8 heteroatoms. The van der Waals surface area contributed by atoms with Crippen molar-refractivity contribution < 1.29 is 8.42 Å². The minimum atomic E-state index is -2.36. The number of aromatic nitrogens is 2. The normalized spacial score (nSPS) is 16.6. The number of benzene rings is 1. The number of rotatable bonds is 3. The van der Waals surface area contributed by atoms with E-state index >= 15 is 0 Å². The minimum absolute atomic E-state index is 0.260. The van der Waals surface area contributed by atoms with Crippen molar-refractivity contribution in [2.75, 3.05) is 19.0 Å². The number of anilines is 1. The molecule has 1 aliphatic rings. The molecule has 3 rings (SSSR count). The van der Waals surface area contributed by atoms with Crippen LogP contribution in [0, 0.1) is 0 Å². The second-order valence-corrected chi connectivity index (χ2v) is 7.92. The highest BCUT2D eigenvalue weighted by molar-refractivity contribution is 7.73. The Balaban J connectivity index is 2.15. The van der Waals surface area contributed by atoms with Gasteiger partial charge in [0.2, 0.25) is 10.3 Å². The van der Waals surface area contributed by atoms with Crippen LogP contribution in [0.5, 0.6) is 0 Å². The Kier molecular flexibility index (Phi) is 5.27. The lowest BCUT2D eigenvalue weighted by Crippen LogP contribution is -2.19. The molecule has 26 heavy (non-hydrogen) atoms. The van der Waals surface area contributed by atoms with Crippen molar-refractivity contribution in [1.82, 2.24) is 9.55 Å². The summed E-state index contributed by atoms with van der Waals surface area (Å²) >= 11 is 12.5. The zero-order valence-corrected chi connectivity index (χ0v) is 16.8. The van der Waals surface area contributed by atoms with Gasteiger partial charge in [0.25, 0.3) is 0 Å². The molecule has 0 saturated heterocycles. The highest BCUT2D eigenvalue weighted by Crippen LogP contribution is 2.33. The standard InChI is InChI=1S/C18H17Cl2N3O2S/c1-11-4-6-15(16(8-11)26(24)25)23-10-17(20)21-18(23)12-5-7-14(22(2)3)13(19)9-12/h4-10,15H,1-3H3. The van der Waals surface area contributed by atoms with Crippen LogP contribution in [0.4, 0.5) is 5.69 Å². The van der Waals surface area contributed by atoms with Crippen molar-refractivity contribution >= 4 is 44.0 Å². The highest BCUT2D eigenvalue weighted by atomic mass is 35.5. The summed E-state index contributed by atoms with van der Waals surface area (Å²) in [5, 5.41) is 0.855. The molecule has 1 atom stereocenters. The quantitative estimate of drug-likeness (QED) is 0.717. The molecular weight excluding hydrogens is 393 g/mol. The molecule has 0 bridgehead atoms. The Hall–Kier alpha value is -2.02. The fourth-order valence-corrected chi connectivity index (χ4v) is 4.08. The molecule has 0 spiro atoms. The van der Waals surface area contributed by atoms with E-state index in [9.17, 15) is 8.42 Å². The first-order valence-electron chi connectivity index (χ1n) is 7.82. The van der Waals surface area contributed by atoms with Crippen LogP contribution in [0.25, 0.3) is 11.4 Å². The smallest absolute Gasteiger partial charge is 0.219 e. The lowest BCUT2D eigenvalue weighted by atomic mass is 10.0. The van der Waals surface area contributed by atoms with Gasteiger partial charge in [0.1, 0.15) is 11.0 Å². The molecule has 0 aliphatic heterocycles. The van der Waals surface area contributed by atoms with Gasteiger partial charge in [-0.05, 0) is 36.8 Å². The van der Waals surface area contributed by atoms with Crippen LogP contribution in [0.3, 0.4) is 0 Å². The maximum absolute atomic E-state index is 11.7. The van der Waals surface area contributed by atoms with Crippen LogP contribution in [0.1, 0.15) is 13.0 Å². The van der Waals surface area contributed by atoms with Gasteiger partial charge in [0.05, 0.1) is 21.6 Å². The Labute approximate surface area is 163 Å². The molecule has 0 saturated carbocycles. The number of nitrogens with zero attached hydrogens (tertiary/aromatic N) is 3. The van der Waals surface area contributed by atoms with Gasteiger partial charge in [0, 0.05) is 25.9 Å². The van der Waals surface area contributed by atoms with E-state index in [1.54, 1.807) is 22.9 Å². The van der Waals surface area contributed by atoms with E-state index in [2.05, 4.69) is 4.98 Å². The summed E-state index contributed by atoms with van der Waals surface area (Å²) in [7, 11) is 1.46. The van der Waals surface area contributed by atoms with Crippen molar-refractivity contribution in [2.45, 2.75) is 13.0 Å². The Bertz CT molecular complexity index is 1060. The van der Waals surface area contributed by atoms with E-state index in [1.165, 1.54) is 0 Å². The van der Waals surface area contributed by atoms with Gasteiger partial charge in [-0.15, -0.1) is 0 Å². The topological polar surface area (TPSA) is 55.2 Å². The third-order valence-corrected chi connectivity index (χ3v) is 5.31. The van der Waals surface area contributed by atoms with Crippen molar-refractivity contribution in [1.29, 1.82) is 0 Å². The maximum atomic E-state index is 11.7. The first-order chi connectivity index (χ1) is 12.3. The summed E-state index contributed by atoms with van der Waals surface area (Å²) in [6.45, 7) is 1.85. The molecule has 1 aromatic heterocycles. The van der Waals surface area contributed by atoms with E-state index in [0.717, 1.165) is 16.8 Å².